The van der Waals surface area contributed by atoms with Crippen LogP contribution in [0.4, 0.5) is 0 Å². The van der Waals surface area contributed by atoms with Crippen molar-refractivity contribution in [1.29, 1.82) is 10.5 Å². The van der Waals surface area contributed by atoms with Gasteiger partial charge in [-0.15, -0.1) is 0 Å². The van der Waals surface area contributed by atoms with Crippen LogP contribution in [0.1, 0.15) is 12.5 Å². The summed E-state index contributed by atoms with van der Waals surface area (Å²) < 4.78 is 0. The summed E-state index contributed by atoms with van der Waals surface area (Å²) in [4.78, 5) is 0. The van der Waals surface area contributed by atoms with Gasteiger partial charge in [0.2, 0.25) is 0 Å². The molecule has 15 heavy (non-hydrogen) atoms. The molecule has 0 heterocycles. The first kappa shape index (κ1) is 10.8. The molecule has 0 radical (unpaired) electrons. The average molecular weight is 197 g/mol. The molecule has 0 saturated heterocycles. The van der Waals surface area contributed by atoms with Crippen LogP contribution in [0.15, 0.2) is 41.6 Å². The largest absolute Gasteiger partial charge is 0.383 e. The van der Waals surface area contributed by atoms with Gasteiger partial charge in [-0.05, 0) is 12.5 Å². The van der Waals surface area contributed by atoms with E-state index < -0.39 is 0 Å². The van der Waals surface area contributed by atoms with E-state index in [1.54, 1.807) is 6.92 Å². The predicted molar refractivity (Wildman–Crippen MR) is 57.2 cm³/mol. The van der Waals surface area contributed by atoms with Crippen LogP contribution in [0.3, 0.4) is 0 Å². The Morgan fingerprint density at radius 2 is 1.80 bits per heavy atom. The van der Waals surface area contributed by atoms with Crippen LogP contribution in [0.25, 0.3) is 0 Å². The van der Waals surface area contributed by atoms with Crippen molar-refractivity contribution in [3.63, 3.8) is 0 Å². The van der Waals surface area contributed by atoms with E-state index in [2.05, 4.69) is 5.32 Å². The molecule has 0 spiro atoms. The quantitative estimate of drug-likeness (QED) is 0.755. The minimum Gasteiger partial charge on any atom is -0.383 e. The highest BCUT2D eigenvalue weighted by Gasteiger charge is 1.99. The molecule has 74 valence electrons. The van der Waals surface area contributed by atoms with Gasteiger partial charge in [0.15, 0.2) is 0 Å². The van der Waals surface area contributed by atoms with Gasteiger partial charge in [-0.2, -0.15) is 10.5 Å². The van der Waals surface area contributed by atoms with E-state index in [0.29, 0.717) is 12.2 Å². The van der Waals surface area contributed by atoms with Gasteiger partial charge < -0.3 is 5.32 Å². The van der Waals surface area contributed by atoms with Crippen molar-refractivity contribution in [2.45, 2.75) is 13.5 Å². The molecule has 0 fully saturated rings. The molecular formula is C12H11N3. The molecular weight excluding hydrogens is 186 g/mol. The Bertz CT molecular complexity index is 416. The molecule has 0 aromatic heterocycles. The van der Waals surface area contributed by atoms with Crippen LogP contribution in [0.2, 0.25) is 0 Å². The number of nitrogens with zero attached hydrogens (tertiary/aromatic N) is 2. The van der Waals surface area contributed by atoms with Crippen molar-refractivity contribution in [3.05, 3.63) is 47.2 Å². The Morgan fingerprint density at radius 1 is 1.20 bits per heavy atom. The second kappa shape index (κ2) is 5.47. The van der Waals surface area contributed by atoms with Crippen LogP contribution in [-0.2, 0) is 6.54 Å². The van der Waals surface area contributed by atoms with Gasteiger partial charge in [0, 0.05) is 12.2 Å². The Kier molecular flexibility index (Phi) is 3.94. The number of nitrogens with one attached hydrogen (secondary N) is 1. The maximum Gasteiger partial charge on any atom is 0.148 e. The summed E-state index contributed by atoms with van der Waals surface area (Å²) in [6.45, 7) is 2.35. The zero-order chi connectivity index (χ0) is 11.1. The summed E-state index contributed by atoms with van der Waals surface area (Å²) in [6, 6.07) is 13.5. The molecule has 0 aliphatic carbocycles. The fraction of sp³-hybridized carbons (Fsp3) is 0.167. The molecule has 0 aliphatic rings. The van der Waals surface area contributed by atoms with Gasteiger partial charge in [0.05, 0.1) is 0 Å². The highest BCUT2D eigenvalue weighted by atomic mass is 14.9. The number of hydrogen-bond donors (Lipinski definition) is 1. The van der Waals surface area contributed by atoms with Crippen LogP contribution in [0, 0.1) is 22.7 Å². The highest BCUT2D eigenvalue weighted by Crippen LogP contribution is 2.02. The maximum absolute atomic E-state index is 8.62. The van der Waals surface area contributed by atoms with E-state index in [-0.39, 0.29) is 5.57 Å². The Balaban J connectivity index is 2.64. The van der Waals surface area contributed by atoms with Crippen molar-refractivity contribution in [3.8, 4) is 12.1 Å². The van der Waals surface area contributed by atoms with E-state index in [1.807, 2.05) is 42.5 Å². The second-order valence-electron chi connectivity index (χ2n) is 3.06. The molecule has 0 aliphatic heterocycles. The van der Waals surface area contributed by atoms with E-state index in [0.717, 1.165) is 5.56 Å². The first-order valence-electron chi connectivity index (χ1n) is 4.57. The molecule has 0 unspecified atom stereocenters. The first-order valence-corrected chi connectivity index (χ1v) is 4.57. The Morgan fingerprint density at radius 3 is 2.33 bits per heavy atom. The maximum atomic E-state index is 8.62. The Labute approximate surface area is 89.3 Å². The van der Waals surface area contributed by atoms with Gasteiger partial charge in [0.25, 0.3) is 0 Å². The highest BCUT2D eigenvalue weighted by molar-refractivity contribution is 5.38. The zero-order valence-corrected chi connectivity index (χ0v) is 8.49. The van der Waals surface area contributed by atoms with E-state index in [4.69, 9.17) is 10.5 Å². The van der Waals surface area contributed by atoms with Gasteiger partial charge in [0.1, 0.15) is 17.7 Å². The fourth-order valence-electron chi connectivity index (χ4n) is 1.11. The molecule has 0 atom stereocenters. The third-order valence-electron chi connectivity index (χ3n) is 2.00. The molecule has 0 saturated carbocycles. The third-order valence-corrected chi connectivity index (χ3v) is 2.00. The molecule has 0 amide bonds. The van der Waals surface area contributed by atoms with E-state index >= 15 is 0 Å². The van der Waals surface area contributed by atoms with Gasteiger partial charge in [-0.3, -0.25) is 0 Å². The van der Waals surface area contributed by atoms with Crippen molar-refractivity contribution in [2.75, 3.05) is 0 Å². The fourth-order valence-corrected chi connectivity index (χ4v) is 1.11. The van der Waals surface area contributed by atoms with Crippen molar-refractivity contribution < 1.29 is 0 Å². The minimum atomic E-state index is 0.130. The SMILES string of the molecule is CC(NCc1ccccc1)=C(C#N)C#N. The summed E-state index contributed by atoms with van der Waals surface area (Å²) in [5, 5.41) is 20.3. The lowest BCUT2D eigenvalue weighted by Crippen LogP contribution is -2.11. The molecule has 0 bridgehead atoms. The van der Waals surface area contributed by atoms with Gasteiger partial charge >= 0.3 is 0 Å². The first-order chi connectivity index (χ1) is 7.27. The number of nitriles is 2. The second-order valence-corrected chi connectivity index (χ2v) is 3.06. The van der Waals surface area contributed by atoms with E-state index in [1.165, 1.54) is 0 Å². The van der Waals surface area contributed by atoms with Crippen molar-refractivity contribution in [2.24, 2.45) is 0 Å². The number of allylic oxidation sites excluding steroid dienone is 2. The monoisotopic (exact) mass is 197 g/mol. The minimum absolute atomic E-state index is 0.130. The smallest absolute Gasteiger partial charge is 0.148 e. The lowest BCUT2D eigenvalue weighted by atomic mass is 10.2. The Hall–Kier alpha value is -2.26. The van der Waals surface area contributed by atoms with Crippen LogP contribution >= 0.6 is 0 Å². The molecule has 1 N–H and O–H groups in total. The average Bonchev–Trinajstić information content (AvgIpc) is 2.29. The van der Waals surface area contributed by atoms with Crippen LogP contribution in [0.5, 0.6) is 0 Å². The molecule has 1 rings (SSSR count). The lowest BCUT2D eigenvalue weighted by Gasteiger charge is -2.05. The molecule has 3 nitrogen and oxygen atoms in total. The van der Waals surface area contributed by atoms with Gasteiger partial charge in [-0.25, -0.2) is 0 Å². The third kappa shape index (κ3) is 3.17. The molecule has 1 aromatic carbocycles. The van der Waals surface area contributed by atoms with Crippen LogP contribution < -0.4 is 5.32 Å². The molecule has 3 heteroatoms. The standard InChI is InChI=1S/C12H11N3/c1-10(12(7-13)8-14)15-9-11-5-3-2-4-6-11/h2-6,15H,9H2,1H3. The predicted octanol–water partition coefficient (Wildman–Crippen LogP) is 2.10. The number of benzene rings is 1. The normalized spacial score (nSPS) is 8.47. The molecule has 1 aromatic rings. The summed E-state index contributed by atoms with van der Waals surface area (Å²) in [5.74, 6) is 0. The summed E-state index contributed by atoms with van der Waals surface area (Å²) in [6.07, 6.45) is 0. The van der Waals surface area contributed by atoms with Crippen molar-refractivity contribution in [1.82, 2.24) is 5.32 Å². The van der Waals surface area contributed by atoms with E-state index in [9.17, 15) is 0 Å². The topological polar surface area (TPSA) is 59.6 Å². The lowest BCUT2D eigenvalue weighted by molar-refractivity contribution is 0.807. The zero-order valence-electron chi connectivity index (χ0n) is 8.49. The van der Waals surface area contributed by atoms with Crippen LogP contribution in [-0.4, -0.2) is 0 Å². The number of hydrogen-bond acceptors (Lipinski definition) is 3. The van der Waals surface area contributed by atoms with Crippen molar-refractivity contribution >= 4 is 0 Å². The summed E-state index contributed by atoms with van der Waals surface area (Å²) in [7, 11) is 0. The van der Waals surface area contributed by atoms with Gasteiger partial charge in [-0.1, -0.05) is 30.3 Å². The summed E-state index contributed by atoms with van der Waals surface area (Å²) >= 11 is 0. The number of rotatable bonds is 3. The summed E-state index contributed by atoms with van der Waals surface area (Å²) in [5.41, 5.74) is 1.86.